The topological polar surface area (TPSA) is 94.9 Å². The van der Waals surface area contributed by atoms with Crippen LogP contribution in [0.2, 0.25) is 0 Å². The van der Waals surface area contributed by atoms with E-state index in [9.17, 15) is 15.0 Å². The number of aromatic nitrogens is 1. The number of aliphatic hydroxyl groups excluding tert-OH is 2. The summed E-state index contributed by atoms with van der Waals surface area (Å²) in [4.78, 5) is 17.7. The van der Waals surface area contributed by atoms with Crippen molar-refractivity contribution in [3.8, 4) is 0 Å². The van der Waals surface area contributed by atoms with Gasteiger partial charge in [0.25, 0.3) is 0 Å². The molecule has 2 rings (SSSR count). The first-order chi connectivity index (χ1) is 12.5. The molecule has 26 heavy (non-hydrogen) atoms. The van der Waals surface area contributed by atoms with Gasteiger partial charge in [-0.05, 0) is 18.1 Å². The fourth-order valence-electron chi connectivity index (χ4n) is 2.31. The minimum absolute atomic E-state index is 0.182. The lowest BCUT2D eigenvalue weighted by Gasteiger charge is -2.19. The number of hydrogen-bond donors (Lipinski definition) is 3. The van der Waals surface area contributed by atoms with Crippen LogP contribution in [0, 0.1) is 0 Å². The molecular formula is C19H25N3O4. The number of carbonyl (C=O) groups excluding carboxylic acids is 1. The van der Waals surface area contributed by atoms with Gasteiger partial charge in [0.1, 0.15) is 18.5 Å². The number of nitrogens with zero attached hydrogens (tertiary/aromatic N) is 2. The van der Waals surface area contributed by atoms with E-state index >= 15 is 0 Å². The summed E-state index contributed by atoms with van der Waals surface area (Å²) in [7, 11) is 3.74. The Labute approximate surface area is 153 Å². The summed E-state index contributed by atoms with van der Waals surface area (Å²) in [5.41, 5.74) is 1.42. The highest BCUT2D eigenvalue weighted by atomic mass is 16.5. The smallest absolute Gasteiger partial charge is 0.407 e. The van der Waals surface area contributed by atoms with E-state index in [1.165, 1.54) is 6.20 Å². The Morgan fingerprint density at radius 3 is 2.54 bits per heavy atom. The minimum Gasteiger partial charge on any atom is -0.445 e. The normalized spacial score (nSPS) is 12.9. The van der Waals surface area contributed by atoms with Crippen molar-refractivity contribution >= 4 is 11.9 Å². The van der Waals surface area contributed by atoms with E-state index in [0.29, 0.717) is 5.56 Å². The number of pyridine rings is 1. The maximum Gasteiger partial charge on any atom is 0.407 e. The lowest BCUT2D eigenvalue weighted by Crippen LogP contribution is -2.29. The van der Waals surface area contributed by atoms with Crippen molar-refractivity contribution in [2.45, 2.75) is 25.2 Å². The van der Waals surface area contributed by atoms with Gasteiger partial charge in [-0.25, -0.2) is 9.78 Å². The van der Waals surface area contributed by atoms with Gasteiger partial charge in [-0.15, -0.1) is 0 Å². The van der Waals surface area contributed by atoms with Gasteiger partial charge in [0.2, 0.25) is 0 Å². The van der Waals surface area contributed by atoms with E-state index in [1.54, 1.807) is 12.1 Å². The monoisotopic (exact) mass is 359 g/mol. The van der Waals surface area contributed by atoms with Crippen molar-refractivity contribution in [2.24, 2.45) is 0 Å². The van der Waals surface area contributed by atoms with Crippen LogP contribution >= 0.6 is 0 Å². The molecule has 1 aromatic carbocycles. The van der Waals surface area contributed by atoms with Gasteiger partial charge in [-0.2, -0.15) is 0 Å². The average Bonchev–Trinajstić information content (AvgIpc) is 2.66. The molecule has 2 atom stereocenters. The zero-order chi connectivity index (χ0) is 18.9. The number of benzene rings is 1. The highest BCUT2D eigenvalue weighted by molar-refractivity contribution is 5.67. The summed E-state index contributed by atoms with van der Waals surface area (Å²) < 4.78 is 5.08. The zero-order valence-corrected chi connectivity index (χ0v) is 15.0. The summed E-state index contributed by atoms with van der Waals surface area (Å²) in [6, 6.07) is 12.8. The zero-order valence-electron chi connectivity index (χ0n) is 15.0. The molecule has 0 spiro atoms. The van der Waals surface area contributed by atoms with Crippen molar-refractivity contribution in [1.29, 1.82) is 0 Å². The molecular weight excluding hydrogens is 334 g/mol. The Hall–Kier alpha value is -2.64. The molecule has 3 N–H and O–H groups in total. The molecule has 1 heterocycles. The Bertz CT molecular complexity index is 677. The second-order valence-electron chi connectivity index (χ2n) is 6.13. The van der Waals surface area contributed by atoms with Gasteiger partial charge in [0.05, 0.1) is 6.10 Å². The SMILES string of the molecule is CN(C)c1ccc(C(O)C(O)CCNC(=O)OCc2ccccc2)cn1. The third-order valence-corrected chi connectivity index (χ3v) is 3.86. The average molecular weight is 359 g/mol. The van der Waals surface area contributed by atoms with Crippen LogP contribution in [0.5, 0.6) is 0 Å². The Morgan fingerprint density at radius 1 is 1.19 bits per heavy atom. The van der Waals surface area contributed by atoms with E-state index in [0.717, 1.165) is 11.4 Å². The van der Waals surface area contributed by atoms with Crippen molar-refractivity contribution in [3.05, 3.63) is 59.8 Å². The van der Waals surface area contributed by atoms with Crippen LogP contribution in [0.3, 0.4) is 0 Å². The molecule has 7 heteroatoms. The standard InChI is InChI=1S/C19H25N3O4/c1-22(2)17-9-8-15(12-21-17)18(24)16(23)10-11-20-19(25)26-13-14-6-4-3-5-7-14/h3-9,12,16,18,23-24H,10-11,13H2,1-2H3,(H,20,25). The third-order valence-electron chi connectivity index (χ3n) is 3.86. The summed E-state index contributed by atoms with van der Waals surface area (Å²) in [6.07, 6.45) is -0.924. The van der Waals surface area contributed by atoms with Crippen LogP contribution in [0.1, 0.15) is 23.7 Å². The molecule has 0 aliphatic carbocycles. The fourth-order valence-corrected chi connectivity index (χ4v) is 2.31. The van der Waals surface area contributed by atoms with E-state index in [2.05, 4.69) is 10.3 Å². The molecule has 2 aromatic rings. The molecule has 0 saturated carbocycles. The van der Waals surface area contributed by atoms with E-state index < -0.39 is 18.3 Å². The first-order valence-corrected chi connectivity index (χ1v) is 8.41. The number of alkyl carbamates (subject to hydrolysis) is 1. The largest absolute Gasteiger partial charge is 0.445 e. The van der Waals surface area contributed by atoms with Gasteiger partial charge < -0.3 is 25.2 Å². The summed E-state index contributed by atoms with van der Waals surface area (Å²) in [5, 5.41) is 22.8. The summed E-state index contributed by atoms with van der Waals surface area (Å²) in [5.74, 6) is 0.762. The van der Waals surface area contributed by atoms with Crippen LogP contribution in [-0.2, 0) is 11.3 Å². The summed E-state index contributed by atoms with van der Waals surface area (Å²) >= 11 is 0. The predicted octanol–water partition coefficient (Wildman–Crippen LogP) is 1.86. The number of aliphatic hydroxyl groups is 2. The third kappa shape index (κ3) is 6.02. The first-order valence-electron chi connectivity index (χ1n) is 8.41. The van der Waals surface area contributed by atoms with E-state index in [1.807, 2.05) is 49.3 Å². The van der Waals surface area contributed by atoms with Crippen LogP contribution < -0.4 is 10.2 Å². The minimum atomic E-state index is -1.07. The molecule has 1 amide bonds. The van der Waals surface area contributed by atoms with Gasteiger partial charge in [-0.1, -0.05) is 36.4 Å². The Kier molecular flexibility index (Phi) is 7.37. The first kappa shape index (κ1) is 19.7. The van der Waals surface area contributed by atoms with Crippen LogP contribution in [0.15, 0.2) is 48.7 Å². The maximum atomic E-state index is 11.6. The lowest BCUT2D eigenvalue weighted by molar-refractivity contribution is 0.0134. The van der Waals surface area contributed by atoms with Crippen molar-refractivity contribution in [1.82, 2.24) is 10.3 Å². The number of ether oxygens (including phenoxy) is 1. The number of rotatable bonds is 8. The van der Waals surface area contributed by atoms with Gasteiger partial charge in [0, 0.05) is 32.4 Å². The molecule has 0 aliphatic heterocycles. The molecule has 0 fully saturated rings. The Balaban J connectivity index is 1.71. The van der Waals surface area contributed by atoms with Crippen molar-refractivity contribution < 1.29 is 19.7 Å². The molecule has 140 valence electrons. The van der Waals surface area contributed by atoms with Crippen LogP contribution in [0.4, 0.5) is 10.6 Å². The highest BCUT2D eigenvalue weighted by Crippen LogP contribution is 2.19. The number of anilines is 1. The van der Waals surface area contributed by atoms with Crippen LogP contribution in [0.25, 0.3) is 0 Å². The second-order valence-corrected chi connectivity index (χ2v) is 6.13. The number of carbonyl (C=O) groups is 1. The summed E-state index contributed by atoms with van der Waals surface area (Å²) in [6.45, 7) is 0.372. The predicted molar refractivity (Wildman–Crippen MR) is 98.8 cm³/mol. The molecule has 0 aliphatic rings. The van der Waals surface area contributed by atoms with Crippen molar-refractivity contribution in [2.75, 3.05) is 25.5 Å². The van der Waals surface area contributed by atoms with Gasteiger partial charge >= 0.3 is 6.09 Å². The number of nitrogens with one attached hydrogen (secondary N) is 1. The fraction of sp³-hybridized carbons (Fsp3) is 0.368. The Morgan fingerprint density at radius 2 is 1.92 bits per heavy atom. The second kappa shape index (κ2) is 9.74. The maximum absolute atomic E-state index is 11.6. The molecule has 0 radical (unpaired) electrons. The number of amides is 1. The van der Waals surface area contributed by atoms with Crippen molar-refractivity contribution in [3.63, 3.8) is 0 Å². The van der Waals surface area contributed by atoms with E-state index in [-0.39, 0.29) is 19.6 Å². The molecule has 0 saturated heterocycles. The molecule has 1 aromatic heterocycles. The van der Waals surface area contributed by atoms with Crippen LogP contribution in [-0.4, -0.2) is 48.0 Å². The van der Waals surface area contributed by atoms with E-state index in [4.69, 9.17) is 4.74 Å². The van der Waals surface area contributed by atoms with Gasteiger partial charge in [0.15, 0.2) is 0 Å². The molecule has 2 unspecified atom stereocenters. The number of hydrogen-bond acceptors (Lipinski definition) is 6. The molecule has 0 bridgehead atoms. The quantitative estimate of drug-likeness (QED) is 0.666. The lowest BCUT2D eigenvalue weighted by atomic mass is 10.0. The molecule has 7 nitrogen and oxygen atoms in total. The van der Waals surface area contributed by atoms with Gasteiger partial charge in [-0.3, -0.25) is 0 Å². The highest BCUT2D eigenvalue weighted by Gasteiger charge is 2.19.